The van der Waals surface area contributed by atoms with Crippen molar-refractivity contribution < 1.29 is 0 Å². The maximum absolute atomic E-state index is 5.06. The van der Waals surface area contributed by atoms with Crippen LogP contribution in [-0.2, 0) is 0 Å². The van der Waals surface area contributed by atoms with Crippen molar-refractivity contribution in [1.82, 2.24) is 4.98 Å². The number of aromatic nitrogens is 1. The minimum Gasteiger partial charge on any atom is -0.248 e. The van der Waals surface area contributed by atoms with Crippen molar-refractivity contribution in [1.29, 1.82) is 0 Å². The van der Waals surface area contributed by atoms with Crippen LogP contribution in [-0.4, -0.2) is 4.98 Å². The van der Waals surface area contributed by atoms with Crippen LogP contribution < -0.4 is 0 Å². The Labute approximate surface area is 201 Å². The summed E-state index contributed by atoms with van der Waals surface area (Å²) in [4.78, 5) is 5.06. The second kappa shape index (κ2) is 9.11. The normalized spacial score (nSPS) is 15.7. The summed E-state index contributed by atoms with van der Waals surface area (Å²) in [5.41, 5.74) is 11.1. The molecule has 1 saturated carbocycles. The quantitative estimate of drug-likeness (QED) is 0.304. The van der Waals surface area contributed by atoms with Gasteiger partial charge in [-0.15, -0.1) is 0 Å². The van der Waals surface area contributed by atoms with Crippen LogP contribution in [0.4, 0.5) is 0 Å². The van der Waals surface area contributed by atoms with Gasteiger partial charge in [0, 0.05) is 11.1 Å². The lowest BCUT2D eigenvalue weighted by Gasteiger charge is -2.13. The zero-order valence-corrected chi connectivity index (χ0v) is 19.2. The van der Waals surface area contributed by atoms with Crippen molar-refractivity contribution in [2.24, 2.45) is 5.92 Å². The van der Waals surface area contributed by atoms with E-state index in [1.165, 1.54) is 40.7 Å². The fourth-order valence-electron chi connectivity index (χ4n) is 4.80. The molecule has 2 aliphatic rings. The van der Waals surface area contributed by atoms with Crippen molar-refractivity contribution in [3.8, 4) is 22.5 Å². The zero-order valence-electron chi connectivity index (χ0n) is 19.2. The minimum absolute atomic E-state index is 0.675. The molecule has 0 bridgehead atoms. The first-order valence-corrected chi connectivity index (χ1v) is 12.2. The second-order valence-corrected chi connectivity index (χ2v) is 9.14. The first-order chi connectivity index (χ1) is 16.8. The first-order valence-electron chi connectivity index (χ1n) is 12.2. The smallest absolute Gasteiger partial charge is 0.0715 e. The summed E-state index contributed by atoms with van der Waals surface area (Å²) in [6.07, 6.45) is 10.6. The van der Waals surface area contributed by atoms with Gasteiger partial charge in [0.05, 0.1) is 11.4 Å². The van der Waals surface area contributed by atoms with E-state index in [1.54, 1.807) is 0 Å². The topological polar surface area (TPSA) is 12.9 Å². The molecule has 1 aromatic heterocycles. The standard InChI is InChI=1S/C33H27N/c1-4-11-24(12-5-1)30-18-10-17-28(21-31(30)25-19-20-25)29-22-32(26-13-6-2-7-14-26)34-33(23-29)27-15-8-3-9-16-27/h1-17,21-23,25H,18-20H2. The van der Waals surface area contributed by atoms with Gasteiger partial charge in [-0.2, -0.15) is 0 Å². The fraction of sp³-hybridized carbons (Fsp3) is 0.121. The molecule has 0 radical (unpaired) electrons. The Kier molecular flexibility index (Phi) is 5.53. The molecular weight excluding hydrogens is 410 g/mol. The number of pyridine rings is 1. The van der Waals surface area contributed by atoms with Crippen LogP contribution in [0.5, 0.6) is 0 Å². The highest BCUT2D eigenvalue weighted by Gasteiger charge is 2.28. The number of hydrogen-bond donors (Lipinski definition) is 0. The van der Waals surface area contributed by atoms with Crippen molar-refractivity contribution in [2.45, 2.75) is 19.3 Å². The van der Waals surface area contributed by atoms with Crippen molar-refractivity contribution in [2.75, 3.05) is 0 Å². The summed E-state index contributed by atoms with van der Waals surface area (Å²) in [5, 5.41) is 0. The Bertz CT molecular complexity index is 1330. The lowest BCUT2D eigenvalue weighted by Crippen LogP contribution is -1.94. The summed E-state index contributed by atoms with van der Waals surface area (Å²) in [7, 11) is 0. The first kappa shape index (κ1) is 20.6. The van der Waals surface area contributed by atoms with Crippen LogP contribution in [0.25, 0.3) is 33.7 Å². The van der Waals surface area contributed by atoms with Crippen LogP contribution in [0.3, 0.4) is 0 Å². The van der Waals surface area contributed by atoms with Gasteiger partial charge in [0.2, 0.25) is 0 Å². The third-order valence-corrected chi connectivity index (χ3v) is 6.72. The third-order valence-electron chi connectivity index (χ3n) is 6.72. The van der Waals surface area contributed by atoms with Crippen LogP contribution >= 0.6 is 0 Å². The molecule has 0 saturated heterocycles. The molecule has 0 aliphatic heterocycles. The Balaban J connectivity index is 1.51. The van der Waals surface area contributed by atoms with E-state index in [0.29, 0.717) is 5.92 Å². The summed E-state index contributed by atoms with van der Waals surface area (Å²) in [6.45, 7) is 0. The molecule has 6 rings (SSSR count). The number of allylic oxidation sites excluding steroid dienone is 6. The van der Waals surface area contributed by atoms with E-state index in [-0.39, 0.29) is 0 Å². The van der Waals surface area contributed by atoms with Gasteiger partial charge < -0.3 is 0 Å². The third kappa shape index (κ3) is 4.30. The van der Waals surface area contributed by atoms with Crippen LogP contribution in [0.2, 0.25) is 0 Å². The van der Waals surface area contributed by atoms with Gasteiger partial charge in [0.1, 0.15) is 0 Å². The zero-order chi connectivity index (χ0) is 22.7. The Morgan fingerprint density at radius 1 is 0.588 bits per heavy atom. The largest absolute Gasteiger partial charge is 0.248 e. The molecule has 0 amide bonds. The molecule has 1 heterocycles. The molecule has 2 aliphatic carbocycles. The van der Waals surface area contributed by atoms with Crippen LogP contribution in [0.15, 0.2) is 127 Å². The van der Waals surface area contributed by atoms with E-state index in [9.17, 15) is 0 Å². The fourth-order valence-corrected chi connectivity index (χ4v) is 4.80. The van der Waals surface area contributed by atoms with Crippen LogP contribution in [0, 0.1) is 5.92 Å². The maximum atomic E-state index is 5.06. The van der Waals surface area contributed by atoms with Crippen molar-refractivity contribution in [3.63, 3.8) is 0 Å². The van der Waals surface area contributed by atoms with Gasteiger partial charge in [-0.3, -0.25) is 0 Å². The highest BCUT2D eigenvalue weighted by Crippen LogP contribution is 2.44. The summed E-state index contributed by atoms with van der Waals surface area (Å²) in [5.74, 6) is 0.675. The molecule has 34 heavy (non-hydrogen) atoms. The molecule has 1 fully saturated rings. The number of benzene rings is 3. The Morgan fingerprint density at radius 2 is 1.12 bits per heavy atom. The lowest BCUT2D eigenvalue weighted by atomic mass is 9.93. The predicted molar refractivity (Wildman–Crippen MR) is 143 cm³/mol. The van der Waals surface area contributed by atoms with Gasteiger partial charge in [-0.25, -0.2) is 4.98 Å². The van der Waals surface area contributed by atoms with Gasteiger partial charge >= 0.3 is 0 Å². The van der Waals surface area contributed by atoms with Crippen molar-refractivity contribution in [3.05, 3.63) is 138 Å². The summed E-state index contributed by atoms with van der Waals surface area (Å²) < 4.78 is 0. The monoisotopic (exact) mass is 437 g/mol. The van der Waals surface area contributed by atoms with E-state index in [1.807, 2.05) is 0 Å². The SMILES string of the molecule is C1=CC(c2cc(-c3ccccc3)nc(-c3ccccc3)c2)=CC(C2CC2)=C(c2ccccc2)C1. The average molecular weight is 438 g/mol. The molecule has 0 atom stereocenters. The van der Waals surface area contributed by atoms with E-state index in [4.69, 9.17) is 4.98 Å². The molecule has 0 N–H and O–H groups in total. The van der Waals surface area contributed by atoms with Crippen molar-refractivity contribution >= 4 is 11.1 Å². The molecule has 1 nitrogen and oxygen atoms in total. The molecule has 1 heteroatoms. The highest BCUT2D eigenvalue weighted by molar-refractivity contribution is 5.86. The van der Waals surface area contributed by atoms with E-state index < -0.39 is 0 Å². The lowest BCUT2D eigenvalue weighted by molar-refractivity contribution is 1.05. The molecule has 0 spiro atoms. The van der Waals surface area contributed by atoms with Gasteiger partial charge in [-0.05, 0) is 65.2 Å². The number of hydrogen-bond acceptors (Lipinski definition) is 1. The maximum Gasteiger partial charge on any atom is 0.0715 e. The Morgan fingerprint density at radius 3 is 1.65 bits per heavy atom. The highest BCUT2D eigenvalue weighted by atomic mass is 14.7. The molecule has 3 aromatic carbocycles. The van der Waals surface area contributed by atoms with Gasteiger partial charge in [-0.1, -0.05) is 109 Å². The summed E-state index contributed by atoms with van der Waals surface area (Å²) >= 11 is 0. The molecule has 0 unspecified atom stereocenters. The van der Waals surface area contributed by atoms with E-state index >= 15 is 0 Å². The van der Waals surface area contributed by atoms with Crippen LogP contribution in [0.1, 0.15) is 30.4 Å². The average Bonchev–Trinajstić information content (AvgIpc) is 3.77. The Hall–Kier alpha value is -3.97. The van der Waals surface area contributed by atoms with Gasteiger partial charge in [0.25, 0.3) is 0 Å². The summed E-state index contributed by atoms with van der Waals surface area (Å²) in [6, 6.07) is 36.4. The predicted octanol–water partition coefficient (Wildman–Crippen LogP) is 8.62. The van der Waals surface area contributed by atoms with E-state index in [2.05, 4.69) is 121 Å². The van der Waals surface area contributed by atoms with Gasteiger partial charge in [0.15, 0.2) is 0 Å². The number of nitrogens with zero attached hydrogens (tertiary/aromatic N) is 1. The molecular formula is C33H27N. The van der Waals surface area contributed by atoms with E-state index in [0.717, 1.165) is 28.9 Å². The number of rotatable bonds is 5. The minimum atomic E-state index is 0.675. The molecule has 4 aromatic rings. The second-order valence-electron chi connectivity index (χ2n) is 9.14. The molecule has 164 valence electrons.